The van der Waals surface area contributed by atoms with E-state index in [1.54, 1.807) is 0 Å². The van der Waals surface area contributed by atoms with Crippen LogP contribution in [0.2, 0.25) is 0 Å². The normalized spacial score (nSPS) is 13.2. The molecule has 0 saturated heterocycles. The molecule has 66 heavy (non-hydrogen) atoms. The predicted molar refractivity (Wildman–Crippen MR) is 283 cm³/mol. The summed E-state index contributed by atoms with van der Waals surface area (Å²) in [7, 11) is 0. The number of hydrogen-bond donors (Lipinski definition) is 0. The molecule has 6 heteroatoms. The molecule has 0 aliphatic heterocycles. The van der Waals surface area contributed by atoms with Gasteiger partial charge in [0.1, 0.15) is 13.2 Å². The first-order chi connectivity index (χ1) is 32.5. The van der Waals surface area contributed by atoms with Crippen molar-refractivity contribution in [3.8, 4) is 0 Å². The third kappa shape index (κ3) is 50.5. The molecule has 0 bridgehead atoms. The Bertz CT molecular complexity index is 1460. The predicted octanol–water partition coefficient (Wildman–Crippen LogP) is 17.5. The van der Waals surface area contributed by atoms with Crippen molar-refractivity contribution < 1.29 is 28.6 Å². The van der Waals surface area contributed by atoms with E-state index < -0.39 is 6.10 Å². The Labute approximate surface area is 405 Å². The Morgan fingerprint density at radius 2 is 0.621 bits per heavy atom. The van der Waals surface area contributed by atoms with Crippen LogP contribution in [0.1, 0.15) is 207 Å². The number of hydrogen-bond acceptors (Lipinski definition) is 6. The van der Waals surface area contributed by atoms with Gasteiger partial charge in [-0.1, -0.05) is 212 Å². The quantitative estimate of drug-likeness (QED) is 0.0262. The van der Waals surface area contributed by atoms with Crippen LogP contribution in [0.4, 0.5) is 0 Å². The number of esters is 3. The van der Waals surface area contributed by atoms with Gasteiger partial charge in [0.15, 0.2) is 6.10 Å². The number of carbonyl (C=O) groups excluding carboxylic acids is 3. The third-order valence-electron chi connectivity index (χ3n) is 10.4. The summed E-state index contributed by atoms with van der Waals surface area (Å²) in [4.78, 5) is 37.6. The highest BCUT2D eigenvalue weighted by Gasteiger charge is 2.19. The van der Waals surface area contributed by atoms with E-state index in [0.29, 0.717) is 19.3 Å². The highest BCUT2D eigenvalue weighted by atomic mass is 16.6. The molecule has 0 N–H and O–H groups in total. The lowest BCUT2D eigenvalue weighted by Gasteiger charge is -2.18. The van der Waals surface area contributed by atoms with Crippen LogP contribution in [0.25, 0.3) is 0 Å². The highest BCUT2D eigenvalue weighted by Crippen LogP contribution is 2.12. The molecular formula is C60H94O6. The second kappa shape index (κ2) is 53.2. The molecule has 0 heterocycles. The lowest BCUT2D eigenvalue weighted by molar-refractivity contribution is -0.167. The molecule has 0 amide bonds. The van der Waals surface area contributed by atoms with Crippen molar-refractivity contribution in [2.24, 2.45) is 0 Å². The molecule has 0 aromatic rings. The summed E-state index contributed by atoms with van der Waals surface area (Å²) < 4.78 is 16.6. The molecule has 370 valence electrons. The minimum atomic E-state index is -0.808. The van der Waals surface area contributed by atoms with Gasteiger partial charge in [0.25, 0.3) is 0 Å². The maximum atomic E-state index is 12.7. The van der Waals surface area contributed by atoms with Crippen molar-refractivity contribution in [2.75, 3.05) is 13.2 Å². The second-order valence-electron chi connectivity index (χ2n) is 16.7. The minimum absolute atomic E-state index is 0.107. The van der Waals surface area contributed by atoms with E-state index >= 15 is 0 Å². The molecule has 0 fully saturated rings. The zero-order valence-corrected chi connectivity index (χ0v) is 42.1. The summed E-state index contributed by atoms with van der Waals surface area (Å²) in [6.07, 6.45) is 74.8. The van der Waals surface area contributed by atoms with Gasteiger partial charge in [0.05, 0.1) is 0 Å². The summed E-state index contributed by atoms with van der Waals surface area (Å²) >= 11 is 0. The van der Waals surface area contributed by atoms with Crippen LogP contribution in [-0.2, 0) is 28.6 Å². The van der Waals surface area contributed by atoms with Crippen LogP contribution < -0.4 is 0 Å². The van der Waals surface area contributed by atoms with Gasteiger partial charge in [-0.15, -0.1) is 0 Å². The molecule has 0 spiro atoms. The Kier molecular flexibility index (Phi) is 49.6. The SMILES string of the molecule is CC/C=C\C/C=C\C/C=C\C/C=C\C/C=C\C/C=C\C/C=C\C/C=C\C/C=C\CCCC(=O)OCC(COC(=O)CCCCCCC)OC(=O)CCCCCCC/C=C\C/C=C\CCCC. The van der Waals surface area contributed by atoms with Gasteiger partial charge >= 0.3 is 17.9 Å². The minimum Gasteiger partial charge on any atom is -0.462 e. The lowest BCUT2D eigenvalue weighted by atomic mass is 10.1. The number of unbranched alkanes of at least 4 members (excludes halogenated alkanes) is 12. The van der Waals surface area contributed by atoms with Crippen LogP contribution >= 0.6 is 0 Å². The van der Waals surface area contributed by atoms with E-state index in [0.717, 1.165) is 141 Å². The maximum Gasteiger partial charge on any atom is 0.306 e. The van der Waals surface area contributed by atoms with Crippen molar-refractivity contribution in [2.45, 2.75) is 213 Å². The second-order valence-corrected chi connectivity index (χ2v) is 16.7. The van der Waals surface area contributed by atoms with E-state index in [-0.39, 0.29) is 37.5 Å². The summed E-state index contributed by atoms with van der Waals surface area (Å²) in [5.41, 5.74) is 0. The summed E-state index contributed by atoms with van der Waals surface area (Å²) in [6, 6.07) is 0. The van der Waals surface area contributed by atoms with Crippen molar-refractivity contribution in [1.82, 2.24) is 0 Å². The van der Waals surface area contributed by atoms with Crippen molar-refractivity contribution in [1.29, 1.82) is 0 Å². The molecular weight excluding hydrogens is 817 g/mol. The zero-order chi connectivity index (χ0) is 47.9. The molecule has 0 saturated carbocycles. The molecule has 0 aliphatic carbocycles. The third-order valence-corrected chi connectivity index (χ3v) is 10.4. The van der Waals surface area contributed by atoms with Gasteiger partial charge in [-0.2, -0.15) is 0 Å². The molecule has 0 aromatic heterocycles. The Balaban J connectivity index is 4.27. The first-order valence-corrected chi connectivity index (χ1v) is 26.2. The fraction of sp³-hybridized carbons (Fsp3) is 0.583. The zero-order valence-electron chi connectivity index (χ0n) is 42.1. The smallest absolute Gasteiger partial charge is 0.306 e. The van der Waals surface area contributed by atoms with Crippen LogP contribution in [0.5, 0.6) is 0 Å². The standard InChI is InChI=1S/C60H94O6/c1-4-7-10-13-15-17-19-21-23-24-25-26-27-28-29-30-31-32-33-34-35-36-37-39-40-42-44-47-50-53-59(62)65-56-57(55-64-58(61)52-49-46-12-9-6-3)66-60(63)54-51-48-45-43-41-38-22-20-18-16-14-11-8-5-2/h7,10,14-17,20-23,25-26,28-29,31-32,34-35,37,39,42,44,57H,4-6,8-9,11-13,18-19,24,27,30,33,36,38,40-41,43,45-56H2,1-3H3/b10-7-,16-14-,17-15-,22-20-,23-21-,26-25-,29-28-,32-31-,35-34-,39-37-,44-42-. The largest absolute Gasteiger partial charge is 0.462 e. The fourth-order valence-electron chi connectivity index (χ4n) is 6.46. The van der Waals surface area contributed by atoms with E-state index in [9.17, 15) is 14.4 Å². The summed E-state index contributed by atoms with van der Waals surface area (Å²) in [6.45, 7) is 6.31. The molecule has 0 aromatic carbocycles. The van der Waals surface area contributed by atoms with Crippen LogP contribution in [0.3, 0.4) is 0 Å². The van der Waals surface area contributed by atoms with E-state index in [2.05, 4.69) is 154 Å². The van der Waals surface area contributed by atoms with E-state index in [4.69, 9.17) is 14.2 Å². The topological polar surface area (TPSA) is 78.9 Å². The number of rotatable bonds is 45. The van der Waals surface area contributed by atoms with Gasteiger partial charge < -0.3 is 14.2 Å². The highest BCUT2D eigenvalue weighted by molar-refractivity contribution is 5.71. The van der Waals surface area contributed by atoms with Crippen molar-refractivity contribution in [3.05, 3.63) is 134 Å². The lowest BCUT2D eigenvalue weighted by Crippen LogP contribution is -2.30. The molecule has 0 radical (unpaired) electrons. The fourth-order valence-corrected chi connectivity index (χ4v) is 6.46. The maximum absolute atomic E-state index is 12.7. The first kappa shape index (κ1) is 61.5. The molecule has 1 unspecified atom stereocenters. The van der Waals surface area contributed by atoms with Crippen molar-refractivity contribution in [3.63, 3.8) is 0 Å². The van der Waals surface area contributed by atoms with Crippen molar-refractivity contribution >= 4 is 17.9 Å². The van der Waals surface area contributed by atoms with Gasteiger partial charge in [0.2, 0.25) is 0 Å². The Morgan fingerprint density at radius 3 is 1.03 bits per heavy atom. The monoisotopic (exact) mass is 911 g/mol. The summed E-state index contributed by atoms with van der Waals surface area (Å²) in [5, 5.41) is 0. The average Bonchev–Trinajstić information content (AvgIpc) is 3.31. The average molecular weight is 911 g/mol. The van der Waals surface area contributed by atoms with Gasteiger partial charge in [0, 0.05) is 19.3 Å². The summed E-state index contributed by atoms with van der Waals surface area (Å²) in [5.74, 6) is -1.01. The Morgan fingerprint density at radius 1 is 0.318 bits per heavy atom. The molecule has 1 atom stereocenters. The number of allylic oxidation sites excluding steroid dienone is 22. The van der Waals surface area contributed by atoms with Gasteiger partial charge in [-0.05, 0) is 109 Å². The van der Waals surface area contributed by atoms with Crippen LogP contribution in [-0.4, -0.2) is 37.2 Å². The molecule has 0 aliphatic rings. The van der Waals surface area contributed by atoms with E-state index in [1.807, 2.05) is 0 Å². The van der Waals surface area contributed by atoms with Crippen LogP contribution in [0.15, 0.2) is 134 Å². The van der Waals surface area contributed by atoms with E-state index in [1.165, 1.54) is 19.3 Å². The van der Waals surface area contributed by atoms with Gasteiger partial charge in [-0.25, -0.2) is 0 Å². The number of ether oxygens (including phenoxy) is 3. The molecule has 6 nitrogen and oxygen atoms in total. The Hall–Kier alpha value is -4.45. The van der Waals surface area contributed by atoms with Crippen LogP contribution in [0, 0.1) is 0 Å². The first-order valence-electron chi connectivity index (χ1n) is 26.2. The van der Waals surface area contributed by atoms with Gasteiger partial charge in [-0.3, -0.25) is 14.4 Å². The number of carbonyl (C=O) groups is 3. The molecule has 0 rings (SSSR count).